The molecule has 6 heteroatoms. The van der Waals surface area contributed by atoms with Gasteiger partial charge in [-0.25, -0.2) is 4.98 Å². The number of anilines is 1. The molecule has 1 aromatic rings. The number of nitrogens with zero attached hydrogens (tertiary/aromatic N) is 2. The molecule has 0 spiro atoms. The molecule has 1 unspecified atom stereocenters. The number of aromatic nitrogens is 1. The maximum Gasteiger partial charge on any atom is 0.228 e. The first kappa shape index (κ1) is 12.3. The lowest BCUT2D eigenvalue weighted by atomic mass is 10.1. The van der Waals surface area contributed by atoms with Crippen molar-refractivity contribution in [3.8, 4) is 0 Å². The van der Waals surface area contributed by atoms with Crippen LogP contribution in [0.3, 0.4) is 0 Å². The Morgan fingerprint density at radius 1 is 1.69 bits per heavy atom. The lowest BCUT2D eigenvalue weighted by molar-refractivity contribution is -0.117. The minimum atomic E-state index is 0.0341. The summed E-state index contributed by atoms with van der Waals surface area (Å²) in [6.45, 7) is 0.606. The monoisotopic (exact) mass is 396 g/mol. The molecule has 16 heavy (non-hydrogen) atoms. The number of amides is 1. The molecular formula is C10H10BrIN2O2. The van der Waals surface area contributed by atoms with Crippen LogP contribution in [0.4, 0.5) is 5.82 Å². The highest BCUT2D eigenvalue weighted by Crippen LogP contribution is 2.28. The Morgan fingerprint density at radius 2 is 2.44 bits per heavy atom. The maximum absolute atomic E-state index is 11.7. The van der Waals surface area contributed by atoms with Crippen LogP contribution in [0.2, 0.25) is 0 Å². The number of hydrogen-bond acceptors (Lipinski definition) is 3. The average molecular weight is 397 g/mol. The molecule has 1 aromatic heterocycles. The number of aliphatic hydroxyl groups excluding tert-OH is 1. The topological polar surface area (TPSA) is 53.4 Å². The lowest BCUT2D eigenvalue weighted by Crippen LogP contribution is -2.26. The van der Waals surface area contributed by atoms with Crippen molar-refractivity contribution in [2.45, 2.75) is 6.42 Å². The second kappa shape index (κ2) is 4.97. The van der Waals surface area contributed by atoms with Crippen LogP contribution in [0.15, 0.2) is 16.7 Å². The lowest BCUT2D eigenvalue weighted by Gasteiger charge is -2.16. The third kappa shape index (κ3) is 2.38. The van der Waals surface area contributed by atoms with Gasteiger partial charge in [-0.05, 0) is 44.6 Å². The Kier molecular flexibility index (Phi) is 3.81. The van der Waals surface area contributed by atoms with E-state index in [0.29, 0.717) is 18.8 Å². The molecule has 4 nitrogen and oxygen atoms in total. The quantitative estimate of drug-likeness (QED) is 0.775. The van der Waals surface area contributed by atoms with Crippen LogP contribution in [-0.4, -0.2) is 29.1 Å². The highest BCUT2D eigenvalue weighted by Gasteiger charge is 2.31. The van der Waals surface area contributed by atoms with Gasteiger partial charge in [0.1, 0.15) is 5.82 Å². The second-order valence-electron chi connectivity index (χ2n) is 3.72. The Morgan fingerprint density at radius 3 is 3.00 bits per heavy atom. The van der Waals surface area contributed by atoms with E-state index in [-0.39, 0.29) is 18.4 Å². The van der Waals surface area contributed by atoms with Crippen LogP contribution < -0.4 is 4.90 Å². The number of carbonyl (C=O) groups excluding carboxylic acids is 1. The summed E-state index contributed by atoms with van der Waals surface area (Å²) in [4.78, 5) is 17.6. The first-order chi connectivity index (χ1) is 7.61. The van der Waals surface area contributed by atoms with E-state index in [4.69, 9.17) is 5.11 Å². The van der Waals surface area contributed by atoms with Crippen molar-refractivity contribution < 1.29 is 9.90 Å². The zero-order valence-corrected chi connectivity index (χ0v) is 12.1. The number of rotatable bonds is 2. The van der Waals surface area contributed by atoms with Crippen LogP contribution in [0.1, 0.15) is 6.42 Å². The van der Waals surface area contributed by atoms with Gasteiger partial charge in [0, 0.05) is 36.2 Å². The van der Waals surface area contributed by atoms with Gasteiger partial charge < -0.3 is 5.11 Å². The molecule has 1 aliphatic heterocycles. The molecule has 1 aliphatic rings. The molecule has 86 valence electrons. The third-order valence-electron chi connectivity index (χ3n) is 2.51. The Bertz CT molecular complexity index is 427. The maximum atomic E-state index is 11.7. The molecule has 1 amide bonds. The van der Waals surface area contributed by atoms with Gasteiger partial charge in [-0.15, -0.1) is 0 Å². The molecule has 1 fully saturated rings. The summed E-state index contributed by atoms with van der Waals surface area (Å²) in [5.74, 6) is 0.755. The van der Waals surface area contributed by atoms with Crippen LogP contribution in [0, 0.1) is 9.49 Å². The van der Waals surface area contributed by atoms with Crippen LogP contribution >= 0.6 is 38.5 Å². The van der Waals surface area contributed by atoms with E-state index in [1.54, 1.807) is 11.1 Å². The summed E-state index contributed by atoms with van der Waals surface area (Å²) in [6.07, 6.45) is 2.08. The summed E-state index contributed by atoms with van der Waals surface area (Å²) in [6, 6.07) is 1.92. The number of pyridine rings is 1. The number of aliphatic hydroxyl groups is 1. The van der Waals surface area contributed by atoms with Crippen molar-refractivity contribution in [2.24, 2.45) is 5.92 Å². The molecule has 0 aliphatic carbocycles. The van der Waals surface area contributed by atoms with Crippen molar-refractivity contribution in [2.75, 3.05) is 18.1 Å². The van der Waals surface area contributed by atoms with Gasteiger partial charge in [0.25, 0.3) is 0 Å². The highest BCUT2D eigenvalue weighted by molar-refractivity contribution is 14.1. The smallest absolute Gasteiger partial charge is 0.228 e. The predicted molar refractivity (Wildman–Crippen MR) is 72.2 cm³/mol. The fourth-order valence-electron chi connectivity index (χ4n) is 1.71. The Hall–Kier alpha value is -0.210. The largest absolute Gasteiger partial charge is 0.396 e. The molecular weight excluding hydrogens is 387 g/mol. The molecule has 0 bridgehead atoms. The first-order valence-corrected chi connectivity index (χ1v) is 6.71. The van der Waals surface area contributed by atoms with E-state index in [0.717, 1.165) is 8.04 Å². The van der Waals surface area contributed by atoms with E-state index < -0.39 is 0 Å². The average Bonchev–Trinajstić information content (AvgIpc) is 2.60. The van der Waals surface area contributed by atoms with Crippen LogP contribution in [0.25, 0.3) is 0 Å². The minimum Gasteiger partial charge on any atom is -0.396 e. The predicted octanol–water partition coefficient (Wildman–Crippen LogP) is 1.79. The van der Waals surface area contributed by atoms with Crippen molar-refractivity contribution in [3.05, 3.63) is 20.3 Å². The van der Waals surface area contributed by atoms with E-state index in [1.165, 1.54) is 0 Å². The van der Waals surface area contributed by atoms with Gasteiger partial charge >= 0.3 is 0 Å². The van der Waals surface area contributed by atoms with Gasteiger partial charge in [-0.3, -0.25) is 9.69 Å². The number of carbonyl (C=O) groups is 1. The van der Waals surface area contributed by atoms with Gasteiger partial charge in [-0.2, -0.15) is 0 Å². The molecule has 0 radical (unpaired) electrons. The second-order valence-corrected chi connectivity index (χ2v) is 5.79. The minimum absolute atomic E-state index is 0.0341. The standard InChI is InChI=1S/C10H10BrIN2O2/c11-7-2-8(12)10(13-3-7)14-4-6(5-15)1-9(14)16/h2-3,6,15H,1,4-5H2. The number of halogens is 2. The Labute approximate surface area is 115 Å². The molecule has 0 saturated carbocycles. The van der Waals surface area contributed by atoms with Gasteiger partial charge in [0.05, 0.1) is 3.57 Å². The van der Waals surface area contributed by atoms with Crippen LogP contribution in [-0.2, 0) is 4.79 Å². The van der Waals surface area contributed by atoms with Crippen molar-refractivity contribution in [1.82, 2.24) is 4.98 Å². The summed E-state index contributed by atoms with van der Waals surface area (Å²) in [5.41, 5.74) is 0. The van der Waals surface area contributed by atoms with Crippen molar-refractivity contribution >= 4 is 50.2 Å². The van der Waals surface area contributed by atoms with E-state index >= 15 is 0 Å². The molecule has 1 N–H and O–H groups in total. The Balaban J connectivity index is 2.28. The van der Waals surface area contributed by atoms with Crippen molar-refractivity contribution in [1.29, 1.82) is 0 Å². The van der Waals surface area contributed by atoms with E-state index in [9.17, 15) is 4.79 Å². The van der Waals surface area contributed by atoms with E-state index in [2.05, 4.69) is 43.5 Å². The normalized spacial score (nSPS) is 20.6. The molecule has 2 rings (SSSR count). The van der Waals surface area contributed by atoms with Gasteiger partial charge in [-0.1, -0.05) is 0 Å². The van der Waals surface area contributed by atoms with Crippen LogP contribution in [0.5, 0.6) is 0 Å². The van der Waals surface area contributed by atoms with Gasteiger partial charge in [0.15, 0.2) is 0 Å². The third-order valence-corrected chi connectivity index (χ3v) is 3.73. The summed E-state index contributed by atoms with van der Waals surface area (Å²) in [5, 5.41) is 9.05. The van der Waals surface area contributed by atoms with E-state index in [1.807, 2.05) is 6.07 Å². The first-order valence-electron chi connectivity index (χ1n) is 4.84. The number of hydrogen-bond donors (Lipinski definition) is 1. The van der Waals surface area contributed by atoms with Gasteiger partial charge in [0.2, 0.25) is 5.91 Å². The zero-order chi connectivity index (χ0) is 11.7. The molecule has 2 heterocycles. The summed E-state index contributed by atoms with van der Waals surface area (Å²) >= 11 is 5.49. The SMILES string of the molecule is O=C1CC(CO)CN1c1ncc(Br)cc1I. The summed E-state index contributed by atoms with van der Waals surface area (Å²) < 4.78 is 1.82. The summed E-state index contributed by atoms with van der Waals surface area (Å²) in [7, 11) is 0. The molecule has 0 aromatic carbocycles. The zero-order valence-electron chi connectivity index (χ0n) is 8.36. The fraction of sp³-hybridized carbons (Fsp3) is 0.400. The van der Waals surface area contributed by atoms with Crippen molar-refractivity contribution in [3.63, 3.8) is 0 Å². The molecule has 1 saturated heterocycles. The molecule has 1 atom stereocenters. The highest BCUT2D eigenvalue weighted by atomic mass is 127. The fourth-order valence-corrected chi connectivity index (χ4v) is 3.24.